The van der Waals surface area contributed by atoms with Gasteiger partial charge in [0.05, 0.1) is 0 Å². The molecule has 0 aliphatic carbocycles. The van der Waals surface area contributed by atoms with Crippen LogP contribution in [0.3, 0.4) is 0 Å². The van der Waals surface area contributed by atoms with Gasteiger partial charge in [0, 0.05) is 0 Å². The summed E-state index contributed by atoms with van der Waals surface area (Å²) < 4.78 is 25.3. The van der Waals surface area contributed by atoms with Gasteiger partial charge < -0.3 is 0 Å². The Labute approximate surface area is 68.8 Å². The summed E-state index contributed by atoms with van der Waals surface area (Å²) in [5.41, 5.74) is 0. The number of benzene rings is 1. The van der Waals surface area contributed by atoms with Crippen molar-refractivity contribution in [1.29, 1.82) is 5.26 Å². The Morgan fingerprint density at radius 1 is 1.18 bits per heavy atom. The topological polar surface area (TPSA) is 23.8 Å². The predicted molar refractivity (Wildman–Crippen MR) is 37.4 cm³/mol. The van der Waals surface area contributed by atoms with E-state index in [1.165, 1.54) is 12.1 Å². The van der Waals surface area contributed by atoms with Gasteiger partial charge in [-0.15, -0.1) is 0 Å². The molecule has 1 rings (SSSR count). The number of hydrogen-bond acceptors (Lipinski definition) is 1. The molecule has 56 valence electrons. The van der Waals surface area contributed by atoms with Crippen molar-refractivity contribution in [3.8, 4) is 4.97 Å². The molecule has 1 nitrogen and oxygen atoms in total. The van der Waals surface area contributed by atoms with Crippen LogP contribution in [0.5, 0.6) is 0 Å². The van der Waals surface area contributed by atoms with Crippen molar-refractivity contribution in [1.82, 2.24) is 0 Å². The first kappa shape index (κ1) is 8.19. The number of nitrogens with zero attached hydrogens (tertiary/aromatic N) is 1. The van der Waals surface area contributed by atoms with Gasteiger partial charge >= 0.3 is 68.3 Å². The van der Waals surface area contributed by atoms with Crippen molar-refractivity contribution in [2.45, 2.75) is 0 Å². The van der Waals surface area contributed by atoms with Crippen molar-refractivity contribution in [2.75, 3.05) is 0 Å². The van der Waals surface area contributed by atoms with E-state index < -0.39 is 26.6 Å². The van der Waals surface area contributed by atoms with E-state index in [0.29, 0.717) is 4.46 Å². The normalized spacial score (nSPS) is 9.18. The SMILES string of the molecule is N#C[Se]c1cc(F)cc(F)c1. The molecule has 0 heterocycles. The van der Waals surface area contributed by atoms with Gasteiger partial charge in [0.15, 0.2) is 0 Å². The zero-order valence-corrected chi connectivity index (χ0v) is 7.06. The van der Waals surface area contributed by atoms with E-state index in [1.54, 1.807) is 0 Å². The van der Waals surface area contributed by atoms with E-state index in [1.807, 2.05) is 4.97 Å². The number of nitriles is 1. The zero-order chi connectivity index (χ0) is 8.27. The Bertz CT molecular complexity index is 286. The van der Waals surface area contributed by atoms with Crippen LogP contribution in [0.25, 0.3) is 0 Å². The average molecular weight is 218 g/mol. The number of halogens is 2. The second-order valence-electron chi connectivity index (χ2n) is 1.80. The van der Waals surface area contributed by atoms with E-state index in [0.717, 1.165) is 6.07 Å². The Hall–Kier alpha value is -0.911. The van der Waals surface area contributed by atoms with Gasteiger partial charge in [-0.25, -0.2) is 0 Å². The molecule has 0 radical (unpaired) electrons. The van der Waals surface area contributed by atoms with Crippen molar-refractivity contribution < 1.29 is 8.78 Å². The van der Waals surface area contributed by atoms with Gasteiger partial charge in [-0.05, 0) is 0 Å². The molecule has 1 aromatic rings. The Balaban J connectivity index is 3.01. The van der Waals surface area contributed by atoms with Gasteiger partial charge in [-0.2, -0.15) is 0 Å². The monoisotopic (exact) mass is 219 g/mol. The van der Waals surface area contributed by atoms with Gasteiger partial charge in [-0.3, -0.25) is 0 Å². The second kappa shape index (κ2) is 3.47. The molecule has 0 unspecified atom stereocenters. The third-order valence-corrected chi connectivity index (χ3v) is 2.18. The Kier molecular flexibility index (Phi) is 2.58. The molecular formula is C7H3F2NSe. The van der Waals surface area contributed by atoms with Crippen molar-refractivity contribution in [3.05, 3.63) is 29.8 Å². The third kappa shape index (κ3) is 2.30. The van der Waals surface area contributed by atoms with Crippen LogP contribution in [0.2, 0.25) is 0 Å². The summed E-state index contributed by atoms with van der Waals surface area (Å²) >= 11 is -0.483. The minimum absolute atomic E-state index is 0.428. The van der Waals surface area contributed by atoms with Crippen LogP contribution in [0.4, 0.5) is 8.78 Å². The average Bonchev–Trinajstić information content (AvgIpc) is 1.85. The first-order valence-corrected chi connectivity index (χ1v) is 4.45. The summed E-state index contributed by atoms with van der Waals surface area (Å²) in [6.45, 7) is 0. The predicted octanol–water partition coefficient (Wildman–Crippen LogP) is 0.775. The minimum atomic E-state index is -0.628. The molecule has 0 saturated carbocycles. The van der Waals surface area contributed by atoms with Gasteiger partial charge in [0.25, 0.3) is 0 Å². The summed E-state index contributed by atoms with van der Waals surface area (Å²) in [6, 6.07) is 3.13. The molecule has 0 N–H and O–H groups in total. The Morgan fingerprint density at radius 3 is 2.18 bits per heavy atom. The van der Waals surface area contributed by atoms with E-state index in [-0.39, 0.29) is 0 Å². The van der Waals surface area contributed by atoms with E-state index in [4.69, 9.17) is 5.26 Å². The van der Waals surface area contributed by atoms with Crippen LogP contribution in [0.1, 0.15) is 0 Å². The molecule has 4 heteroatoms. The second-order valence-corrected chi connectivity index (χ2v) is 3.60. The summed E-state index contributed by atoms with van der Waals surface area (Å²) in [5.74, 6) is -1.26. The molecule has 0 atom stereocenters. The van der Waals surface area contributed by atoms with E-state index >= 15 is 0 Å². The summed E-state index contributed by atoms with van der Waals surface area (Å²) in [7, 11) is 0. The molecule has 0 aliphatic rings. The summed E-state index contributed by atoms with van der Waals surface area (Å²) in [4.78, 5) is 1.87. The van der Waals surface area contributed by atoms with Crippen LogP contribution < -0.4 is 4.46 Å². The van der Waals surface area contributed by atoms with Crippen molar-refractivity contribution >= 4 is 19.4 Å². The fraction of sp³-hybridized carbons (Fsp3) is 0. The van der Waals surface area contributed by atoms with Crippen LogP contribution >= 0.6 is 0 Å². The quantitative estimate of drug-likeness (QED) is 0.639. The molecule has 1 aromatic carbocycles. The van der Waals surface area contributed by atoms with Gasteiger partial charge in [-0.1, -0.05) is 0 Å². The molecule has 11 heavy (non-hydrogen) atoms. The van der Waals surface area contributed by atoms with Crippen LogP contribution in [-0.2, 0) is 0 Å². The Morgan fingerprint density at radius 2 is 1.73 bits per heavy atom. The van der Waals surface area contributed by atoms with Crippen LogP contribution in [0, 0.1) is 21.9 Å². The zero-order valence-electron chi connectivity index (χ0n) is 5.34. The first-order valence-electron chi connectivity index (χ1n) is 2.74. The molecule has 0 spiro atoms. The molecule has 0 amide bonds. The molecule has 0 aliphatic heterocycles. The van der Waals surface area contributed by atoms with Gasteiger partial charge in [0.2, 0.25) is 0 Å². The number of rotatable bonds is 1. The van der Waals surface area contributed by atoms with E-state index in [2.05, 4.69) is 0 Å². The fourth-order valence-corrected chi connectivity index (χ4v) is 1.58. The van der Waals surface area contributed by atoms with Crippen molar-refractivity contribution in [2.24, 2.45) is 0 Å². The summed E-state index contributed by atoms with van der Waals surface area (Å²) in [5, 5.41) is 8.23. The van der Waals surface area contributed by atoms with Crippen molar-refractivity contribution in [3.63, 3.8) is 0 Å². The maximum absolute atomic E-state index is 12.4. The number of hydrogen-bond donors (Lipinski definition) is 0. The standard InChI is InChI=1S/C7H3F2NSe/c8-5-1-6(9)3-7(2-5)11-4-10/h1-3H. The van der Waals surface area contributed by atoms with Crippen LogP contribution in [-0.4, -0.2) is 15.0 Å². The molecule has 0 bridgehead atoms. The maximum atomic E-state index is 12.4. The molecule has 0 saturated heterocycles. The fourth-order valence-electron chi connectivity index (χ4n) is 0.640. The molecule has 0 fully saturated rings. The first-order chi connectivity index (χ1) is 5.22. The van der Waals surface area contributed by atoms with Gasteiger partial charge in [0.1, 0.15) is 0 Å². The molecule has 0 aromatic heterocycles. The van der Waals surface area contributed by atoms with Crippen LogP contribution in [0.15, 0.2) is 18.2 Å². The molecular weight excluding hydrogens is 215 g/mol. The third-order valence-electron chi connectivity index (χ3n) is 1.000. The van der Waals surface area contributed by atoms with E-state index in [9.17, 15) is 8.78 Å². The summed E-state index contributed by atoms with van der Waals surface area (Å²) in [6.07, 6.45) is 0.